The molecule has 38 heavy (non-hydrogen) atoms. The van der Waals surface area contributed by atoms with Gasteiger partial charge in [-0.25, -0.2) is 17.9 Å². The first-order valence-corrected chi connectivity index (χ1v) is 14.0. The Balaban J connectivity index is 2.25. The van der Waals surface area contributed by atoms with E-state index in [1.165, 1.54) is 26.2 Å². The molecular weight excluding hydrogens is 512 g/mol. The summed E-state index contributed by atoms with van der Waals surface area (Å²) in [5, 5.41) is 2.57. The van der Waals surface area contributed by atoms with Gasteiger partial charge in [-0.3, -0.25) is 9.59 Å². The van der Waals surface area contributed by atoms with E-state index in [0.717, 1.165) is 5.56 Å². The van der Waals surface area contributed by atoms with E-state index in [4.69, 9.17) is 14.2 Å². The van der Waals surface area contributed by atoms with Crippen molar-refractivity contribution in [3.05, 3.63) is 54.1 Å². The van der Waals surface area contributed by atoms with Crippen LogP contribution in [0.2, 0.25) is 0 Å². The van der Waals surface area contributed by atoms with Crippen molar-refractivity contribution in [2.45, 2.75) is 63.6 Å². The molecule has 0 saturated heterocycles. The summed E-state index contributed by atoms with van der Waals surface area (Å²) >= 11 is 0. The average molecular weight is 551 g/mol. The van der Waals surface area contributed by atoms with E-state index in [2.05, 4.69) is 10.0 Å². The molecule has 0 saturated carbocycles. The lowest BCUT2D eigenvalue weighted by Gasteiger charge is -2.24. The summed E-state index contributed by atoms with van der Waals surface area (Å²) in [6.07, 6.45) is 6.20. The zero-order chi connectivity index (χ0) is 28.3. The summed E-state index contributed by atoms with van der Waals surface area (Å²) in [6, 6.07) is 4.57. The van der Waals surface area contributed by atoms with Crippen molar-refractivity contribution >= 4 is 27.9 Å². The third kappa shape index (κ3) is 10.0. The molecule has 0 unspecified atom stereocenters. The van der Waals surface area contributed by atoms with E-state index in [9.17, 15) is 22.8 Å². The minimum absolute atomic E-state index is 0.00388. The number of carbonyl (C=O) groups is 3. The Morgan fingerprint density at radius 2 is 1.61 bits per heavy atom. The SMILES string of the molecule is CO[C@@H]1C=CCC(=O)N[C@@H](C)C(=O)OC[C@@H](NS(=O)(=O)c2ccc(C)cc2)[C@H](C)C=CCC(=O)OC[C@H]1C. The molecular formula is C27H38N2O8S. The van der Waals surface area contributed by atoms with Crippen LogP contribution in [0.5, 0.6) is 0 Å². The Morgan fingerprint density at radius 3 is 2.26 bits per heavy atom. The van der Waals surface area contributed by atoms with E-state index in [-0.39, 0.29) is 43.0 Å². The Kier molecular flexibility index (Phi) is 12.1. The van der Waals surface area contributed by atoms with Crippen molar-refractivity contribution in [3.8, 4) is 0 Å². The van der Waals surface area contributed by atoms with Gasteiger partial charge < -0.3 is 19.5 Å². The van der Waals surface area contributed by atoms with Crippen molar-refractivity contribution in [3.63, 3.8) is 0 Å². The number of hydrogen-bond donors (Lipinski definition) is 2. The number of nitrogens with one attached hydrogen (secondary N) is 2. The van der Waals surface area contributed by atoms with Gasteiger partial charge in [-0.1, -0.05) is 55.8 Å². The molecule has 210 valence electrons. The number of methoxy groups -OCH3 is 1. The van der Waals surface area contributed by atoms with Gasteiger partial charge in [-0.15, -0.1) is 0 Å². The summed E-state index contributed by atoms with van der Waals surface area (Å²) < 4.78 is 44.8. The quantitative estimate of drug-likeness (QED) is 0.431. The van der Waals surface area contributed by atoms with Crippen LogP contribution in [0.25, 0.3) is 0 Å². The fourth-order valence-electron chi connectivity index (χ4n) is 3.64. The van der Waals surface area contributed by atoms with E-state index in [1.807, 2.05) is 13.8 Å². The van der Waals surface area contributed by atoms with Crippen molar-refractivity contribution in [2.75, 3.05) is 20.3 Å². The predicted octanol–water partition coefficient (Wildman–Crippen LogP) is 2.43. The highest BCUT2D eigenvalue weighted by Gasteiger charge is 2.26. The number of aryl methyl sites for hydroxylation is 1. The van der Waals surface area contributed by atoms with Crippen LogP contribution in [0.1, 0.15) is 39.2 Å². The van der Waals surface area contributed by atoms with E-state index < -0.39 is 45.9 Å². The number of cyclic esters (lactones) is 2. The number of carbonyl (C=O) groups excluding carboxylic acids is 3. The Labute approximate surface area is 224 Å². The maximum Gasteiger partial charge on any atom is 0.328 e. The number of ether oxygens (including phenoxy) is 3. The molecule has 1 aromatic carbocycles. The van der Waals surface area contributed by atoms with E-state index >= 15 is 0 Å². The van der Waals surface area contributed by atoms with Gasteiger partial charge in [0.05, 0.1) is 30.1 Å². The topological polar surface area (TPSA) is 137 Å². The van der Waals surface area contributed by atoms with Gasteiger partial charge in [0.1, 0.15) is 12.6 Å². The lowest BCUT2D eigenvalue weighted by Crippen LogP contribution is -2.45. The average Bonchev–Trinajstić information content (AvgIpc) is 2.87. The molecule has 1 aromatic rings. The monoisotopic (exact) mass is 550 g/mol. The molecule has 5 atom stereocenters. The van der Waals surface area contributed by atoms with Gasteiger partial charge >= 0.3 is 11.9 Å². The molecule has 2 rings (SSSR count). The number of amides is 1. The third-order valence-corrected chi connectivity index (χ3v) is 7.61. The van der Waals surface area contributed by atoms with Gasteiger partial charge in [-0.05, 0) is 31.9 Å². The van der Waals surface area contributed by atoms with Crippen LogP contribution in [-0.4, -0.2) is 64.8 Å². The van der Waals surface area contributed by atoms with Gasteiger partial charge in [0, 0.05) is 19.4 Å². The minimum Gasteiger partial charge on any atom is -0.465 e. The van der Waals surface area contributed by atoms with Crippen molar-refractivity contribution in [1.82, 2.24) is 10.0 Å². The van der Waals surface area contributed by atoms with Gasteiger partial charge in [0.15, 0.2) is 0 Å². The standard InChI is InChI=1S/C27H38N2O8S/c1-18-12-14-22(15-13-18)38(33,34)29-23-17-37-27(32)21(4)28-25(30)10-7-9-24(35-5)20(3)16-36-26(31)11-6-8-19(23)2/h6-9,12-15,19-21,23-24,29H,10-11,16-17H2,1-5H3,(H,28,30)/t19-,20-,21+,23-,24-/m1/s1. The Bertz CT molecular complexity index is 1110. The smallest absolute Gasteiger partial charge is 0.328 e. The predicted molar refractivity (Wildman–Crippen MR) is 141 cm³/mol. The lowest BCUT2D eigenvalue weighted by molar-refractivity contribution is -0.148. The van der Waals surface area contributed by atoms with Crippen molar-refractivity contribution < 1.29 is 37.0 Å². The largest absolute Gasteiger partial charge is 0.465 e. The molecule has 11 heteroatoms. The zero-order valence-corrected chi connectivity index (χ0v) is 23.3. The van der Waals surface area contributed by atoms with Crippen LogP contribution >= 0.6 is 0 Å². The number of sulfonamides is 1. The number of hydrogen-bond acceptors (Lipinski definition) is 8. The molecule has 0 bridgehead atoms. The molecule has 1 amide bonds. The minimum atomic E-state index is -3.93. The maximum absolute atomic E-state index is 13.0. The maximum atomic E-state index is 13.0. The van der Waals surface area contributed by atoms with E-state index in [0.29, 0.717) is 0 Å². The fraction of sp³-hybridized carbons (Fsp3) is 0.519. The van der Waals surface area contributed by atoms with Gasteiger partial charge in [-0.2, -0.15) is 0 Å². The molecule has 0 spiro atoms. The third-order valence-electron chi connectivity index (χ3n) is 6.10. The highest BCUT2D eigenvalue weighted by molar-refractivity contribution is 7.89. The highest BCUT2D eigenvalue weighted by Crippen LogP contribution is 2.15. The number of benzene rings is 1. The summed E-state index contributed by atoms with van der Waals surface area (Å²) in [5.41, 5.74) is 0.909. The summed E-state index contributed by atoms with van der Waals surface area (Å²) in [7, 11) is -2.41. The number of rotatable bonds is 4. The summed E-state index contributed by atoms with van der Waals surface area (Å²) in [5.74, 6) is -2.17. The second kappa shape index (κ2) is 14.8. The first-order valence-electron chi connectivity index (χ1n) is 12.5. The van der Waals surface area contributed by atoms with Crippen molar-refractivity contribution in [1.29, 1.82) is 0 Å². The number of esters is 2. The normalized spacial score (nSPS) is 26.9. The first-order chi connectivity index (χ1) is 17.9. The molecule has 2 N–H and O–H groups in total. The van der Waals surface area contributed by atoms with Crippen LogP contribution < -0.4 is 10.0 Å². The Hall–Kier alpha value is -3.02. The lowest BCUT2D eigenvalue weighted by atomic mass is 10.0. The van der Waals surface area contributed by atoms with Crippen LogP contribution in [-0.2, 0) is 38.6 Å². The second-order valence-electron chi connectivity index (χ2n) is 9.44. The second-order valence-corrected chi connectivity index (χ2v) is 11.2. The molecule has 0 aliphatic carbocycles. The molecule has 0 radical (unpaired) electrons. The molecule has 1 heterocycles. The van der Waals surface area contributed by atoms with Gasteiger partial charge in [0.25, 0.3) is 0 Å². The van der Waals surface area contributed by atoms with Crippen LogP contribution in [0.4, 0.5) is 0 Å². The molecule has 10 nitrogen and oxygen atoms in total. The van der Waals surface area contributed by atoms with Crippen LogP contribution in [0.15, 0.2) is 53.5 Å². The fourth-order valence-corrected chi connectivity index (χ4v) is 4.95. The summed E-state index contributed by atoms with van der Waals surface area (Å²) in [6.45, 7) is 6.77. The zero-order valence-electron chi connectivity index (χ0n) is 22.5. The van der Waals surface area contributed by atoms with Crippen LogP contribution in [0.3, 0.4) is 0 Å². The highest BCUT2D eigenvalue weighted by atomic mass is 32.2. The van der Waals surface area contributed by atoms with E-state index in [1.54, 1.807) is 43.4 Å². The molecule has 1 aliphatic rings. The molecule has 0 aromatic heterocycles. The first kappa shape index (κ1) is 31.2. The molecule has 1 aliphatic heterocycles. The molecule has 0 fully saturated rings. The Morgan fingerprint density at radius 1 is 0.947 bits per heavy atom. The van der Waals surface area contributed by atoms with Crippen molar-refractivity contribution in [2.24, 2.45) is 11.8 Å². The van der Waals surface area contributed by atoms with Gasteiger partial charge in [0.2, 0.25) is 15.9 Å². The summed E-state index contributed by atoms with van der Waals surface area (Å²) in [4.78, 5) is 37.2. The van der Waals surface area contributed by atoms with Crippen LogP contribution in [0, 0.1) is 18.8 Å².